The number of aromatic nitrogens is 4. The molecular weight excluding hydrogens is 308 g/mol. The largest absolute Gasteiger partial charge is 0.378 e. The van der Waals surface area contributed by atoms with Crippen LogP contribution in [0.2, 0.25) is 0 Å². The van der Waals surface area contributed by atoms with Crippen LogP contribution in [-0.2, 0) is 9.53 Å². The molecule has 0 spiro atoms. The van der Waals surface area contributed by atoms with Gasteiger partial charge in [-0.1, -0.05) is 0 Å². The van der Waals surface area contributed by atoms with E-state index in [1.165, 1.54) is 0 Å². The molecule has 2 aliphatic rings. The van der Waals surface area contributed by atoms with Gasteiger partial charge in [-0.3, -0.25) is 4.79 Å². The third kappa shape index (κ3) is 2.82. The minimum absolute atomic E-state index is 0.0109. The Hall–Kier alpha value is -2.22. The number of fused-ring (bicyclic) bond motifs is 1. The number of ether oxygens (including phenoxy) is 1. The fraction of sp³-hybridized carbons (Fsp3) is 0.625. The first-order valence-electron chi connectivity index (χ1n) is 8.55. The van der Waals surface area contributed by atoms with Crippen LogP contribution in [0.25, 0.3) is 5.65 Å². The lowest BCUT2D eigenvalue weighted by Gasteiger charge is -2.38. The number of amides is 1. The molecular formula is C16H22N6O2. The first-order chi connectivity index (χ1) is 11.7. The van der Waals surface area contributed by atoms with Gasteiger partial charge in [0.1, 0.15) is 12.1 Å². The molecule has 2 aromatic rings. The van der Waals surface area contributed by atoms with Crippen molar-refractivity contribution in [2.24, 2.45) is 5.92 Å². The average molecular weight is 330 g/mol. The molecule has 0 aliphatic carbocycles. The fourth-order valence-corrected chi connectivity index (χ4v) is 3.53. The summed E-state index contributed by atoms with van der Waals surface area (Å²) < 4.78 is 7.32. The van der Waals surface area contributed by atoms with Gasteiger partial charge in [-0.25, -0.2) is 0 Å². The lowest BCUT2D eigenvalue weighted by molar-refractivity contribution is -0.144. The van der Waals surface area contributed by atoms with Crippen LogP contribution in [0.1, 0.15) is 19.8 Å². The molecule has 4 rings (SSSR count). The molecule has 2 saturated heterocycles. The second-order valence-corrected chi connectivity index (χ2v) is 6.46. The quantitative estimate of drug-likeness (QED) is 0.802. The van der Waals surface area contributed by atoms with Gasteiger partial charge in [-0.2, -0.15) is 4.52 Å². The molecule has 2 aliphatic heterocycles. The molecule has 0 bridgehead atoms. The number of carbonyl (C=O) groups is 1. The predicted octanol–water partition coefficient (Wildman–Crippen LogP) is 0.588. The molecule has 2 aromatic heterocycles. The smallest absolute Gasteiger partial charge is 0.228 e. The molecule has 2 fully saturated rings. The second kappa shape index (κ2) is 6.35. The molecule has 1 amide bonds. The minimum atomic E-state index is 0.0109. The van der Waals surface area contributed by atoms with Gasteiger partial charge in [0.05, 0.1) is 12.0 Å². The van der Waals surface area contributed by atoms with Gasteiger partial charge in [0.2, 0.25) is 5.91 Å². The summed E-state index contributed by atoms with van der Waals surface area (Å²) in [4.78, 5) is 16.9. The molecule has 0 N–H and O–H groups in total. The highest BCUT2D eigenvalue weighted by Gasteiger charge is 2.33. The summed E-state index contributed by atoms with van der Waals surface area (Å²) in [5.74, 6) is 1.14. The van der Waals surface area contributed by atoms with Crippen molar-refractivity contribution in [2.45, 2.75) is 25.9 Å². The van der Waals surface area contributed by atoms with Crippen LogP contribution in [0, 0.1) is 5.92 Å². The van der Waals surface area contributed by atoms with E-state index in [0.29, 0.717) is 0 Å². The van der Waals surface area contributed by atoms with Crippen LogP contribution in [0.15, 0.2) is 18.5 Å². The third-order valence-corrected chi connectivity index (χ3v) is 4.99. The molecule has 8 nitrogen and oxygen atoms in total. The zero-order valence-corrected chi connectivity index (χ0v) is 13.8. The Morgan fingerprint density at radius 2 is 2.08 bits per heavy atom. The van der Waals surface area contributed by atoms with Crippen LogP contribution < -0.4 is 4.90 Å². The van der Waals surface area contributed by atoms with Gasteiger partial charge >= 0.3 is 0 Å². The van der Waals surface area contributed by atoms with E-state index >= 15 is 0 Å². The number of piperazine rings is 1. The number of anilines is 1. The van der Waals surface area contributed by atoms with Gasteiger partial charge in [-0.15, -0.1) is 15.3 Å². The summed E-state index contributed by atoms with van der Waals surface area (Å²) >= 11 is 0. The number of rotatable bonds is 2. The lowest BCUT2D eigenvalue weighted by Crippen LogP contribution is -2.52. The van der Waals surface area contributed by atoms with E-state index in [0.717, 1.165) is 57.1 Å². The molecule has 24 heavy (non-hydrogen) atoms. The molecule has 0 saturated carbocycles. The van der Waals surface area contributed by atoms with Gasteiger partial charge < -0.3 is 14.5 Å². The average Bonchev–Trinajstić information content (AvgIpc) is 3.09. The summed E-state index contributed by atoms with van der Waals surface area (Å²) in [6, 6.07) is 3.87. The summed E-state index contributed by atoms with van der Waals surface area (Å²) in [5, 5.41) is 12.3. The van der Waals surface area contributed by atoms with Gasteiger partial charge in [0.25, 0.3) is 0 Å². The van der Waals surface area contributed by atoms with E-state index < -0.39 is 0 Å². The highest BCUT2D eigenvalue weighted by molar-refractivity contribution is 5.79. The van der Waals surface area contributed by atoms with E-state index in [4.69, 9.17) is 4.74 Å². The SMILES string of the molecule is C[C@H]1OCCC[C@@H]1C(=O)N1CCN(c2ccc3nncn3n2)CC1. The lowest BCUT2D eigenvalue weighted by atomic mass is 9.93. The first-order valence-corrected chi connectivity index (χ1v) is 8.55. The normalized spacial score (nSPS) is 25.2. The van der Waals surface area contributed by atoms with E-state index in [9.17, 15) is 4.79 Å². The van der Waals surface area contributed by atoms with Crippen molar-refractivity contribution in [1.82, 2.24) is 24.7 Å². The molecule has 0 unspecified atom stereocenters. The Kier molecular flexibility index (Phi) is 4.05. The Bertz CT molecular complexity index is 724. The zero-order chi connectivity index (χ0) is 16.5. The van der Waals surface area contributed by atoms with Crippen molar-refractivity contribution >= 4 is 17.4 Å². The molecule has 4 heterocycles. The Labute approximate surface area is 140 Å². The Balaban J connectivity index is 1.40. The van der Waals surface area contributed by atoms with E-state index in [1.54, 1.807) is 10.8 Å². The number of hydrogen-bond donors (Lipinski definition) is 0. The number of nitrogens with zero attached hydrogens (tertiary/aromatic N) is 6. The van der Waals surface area contributed by atoms with Gasteiger partial charge in [0.15, 0.2) is 5.65 Å². The summed E-state index contributed by atoms with van der Waals surface area (Å²) in [5.41, 5.74) is 0.735. The van der Waals surface area contributed by atoms with Crippen molar-refractivity contribution in [3.8, 4) is 0 Å². The first kappa shape index (κ1) is 15.3. The summed E-state index contributed by atoms with van der Waals surface area (Å²) in [7, 11) is 0. The topological polar surface area (TPSA) is 75.9 Å². The van der Waals surface area contributed by atoms with Crippen LogP contribution in [-0.4, -0.2) is 69.5 Å². The predicted molar refractivity (Wildman–Crippen MR) is 87.7 cm³/mol. The van der Waals surface area contributed by atoms with Crippen LogP contribution in [0.5, 0.6) is 0 Å². The maximum atomic E-state index is 12.7. The van der Waals surface area contributed by atoms with E-state index in [1.807, 2.05) is 24.0 Å². The Morgan fingerprint density at radius 1 is 1.25 bits per heavy atom. The van der Waals surface area contributed by atoms with Crippen LogP contribution in [0.4, 0.5) is 5.82 Å². The van der Waals surface area contributed by atoms with Crippen LogP contribution >= 0.6 is 0 Å². The number of hydrogen-bond acceptors (Lipinski definition) is 6. The maximum Gasteiger partial charge on any atom is 0.228 e. The zero-order valence-electron chi connectivity index (χ0n) is 13.8. The van der Waals surface area contributed by atoms with E-state index in [-0.39, 0.29) is 17.9 Å². The molecule has 128 valence electrons. The second-order valence-electron chi connectivity index (χ2n) is 6.46. The highest BCUT2D eigenvalue weighted by Crippen LogP contribution is 2.24. The minimum Gasteiger partial charge on any atom is -0.378 e. The molecule has 2 atom stereocenters. The fourth-order valence-electron chi connectivity index (χ4n) is 3.53. The highest BCUT2D eigenvalue weighted by atomic mass is 16.5. The van der Waals surface area contributed by atoms with E-state index in [2.05, 4.69) is 20.2 Å². The van der Waals surface area contributed by atoms with Crippen LogP contribution in [0.3, 0.4) is 0 Å². The van der Waals surface area contributed by atoms with Gasteiger partial charge in [-0.05, 0) is 31.9 Å². The van der Waals surface area contributed by atoms with Crippen molar-refractivity contribution in [3.63, 3.8) is 0 Å². The molecule has 0 aromatic carbocycles. The molecule has 0 radical (unpaired) electrons. The molecule has 8 heteroatoms. The van der Waals surface area contributed by atoms with Crippen molar-refractivity contribution in [1.29, 1.82) is 0 Å². The van der Waals surface area contributed by atoms with Crippen molar-refractivity contribution < 1.29 is 9.53 Å². The van der Waals surface area contributed by atoms with Gasteiger partial charge in [0, 0.05) is 32.8 Å². The van der Waals surface area contributed by atoms with Crippen molar-refractivity contribution in [2.75, 3.05) is 37.7 Å². The Morgan fingerprint density at radius 3 is 2.88 bits per heavy atom. The van der Waals surface area contributed by atoms with Crippen molar-refractivity contribution in [3.05, 3.63) is 18.5 Å². The monoisotopic (exact) mass is 330 g/mol. The summed E-state index contributed by atoms with van der Waals surface area (Å²) in [6.07, 6.45) is 3.54. The standard InChI is InChI=1S/C16H22N6O2/c1-12-13(3-2-10-24-12)16(23)21-8-6-20(7-9-21)15-5-4-14-18-17-11-22(14)19-15/h4-5,11-13H,2-3,6-10H2,1H3/t12-,13+/m1/s1. The third-order valence-electron chi connectivity index (χ3n) is 4.99. The maximum absolute atomic E-state index is 12.7. The summed E-state index contributed by atoms with van der Waals surface area (Å²) in [6.45, 7) is 5.81. The number of carbonyl (C=O) groups excluding carboxylic acids is 1.